The summed E-state index contributed by atoms with van der Waals surface area (Å²) in [6.07, 6.45) is 0.938. The number of aliphatic carboxylic acids is 1. The monoisotopic (exact) mass is 236 g/mol. The molecule has 1 fully saturated rings. The van der Waals surface area contributed by atoms with Crippen LogP contribution in [0.5, 0.6) is 0 Å². The highest BCUT2D eigenvalue weighted by molar-refractivity contribution is 5.83. The third-order valence-corrected chi connectivity index (χ3v) is 3.28. The van der Waals surface area contributed by atoms with Gasteiger partial charge in [0.2, 0.25) is 0 Å². The van der Waals surface area contributed by atoms with Crippen molar-refractivity contribution in [3.05, 3.63) is 35.6 Å². The third kappa shape index (κ3) is 2.52. The van der Waals surface area contributed by atoms with Gasteiger partial charge in [0.25, 0.3) is 0 Å². The van der Waals surface area contributed by atoms with Gasteiger partial charge in [-0.05, 0) is 24.1 Å². The first-order chi connectivity index (χ1) is 8.08. The maximum Gasteiger partial charge on any atom is 0.307 e. The summed E-state index contributed by atoms with van der Waals surface area (Å²) in [5.41, 5.74) is 0.729. The van der Waals surface area contributed by atoms with Crippen LogP contribution in [0.2, 0.25) is 0 Å². The fourth-order valence-electron chi connectivity index (χ4n) is 2.36. The summed E-state index contributed by atoms with van der Waals surface area (Å²) < 4.78 is 12.8. The highest BCUT2D eigenvalue weighted by Gasteiger charge is 2.35. The van der Waals surface area contributed by atoms with E-state index in [9.17, 15) is 14.0 Å². The fraction of sp³-hybridized carbons (Fsp3) is 0.385. The molecule has 1 aromatic carbocycles. The van der Waals surface area contributed by atoms with Gasteiger partial charge >= 0.3 is 5.97 Å². The van der Waals surface area contributed by atoms with E-state index >= 15 is 0 Å². The summed E-state index contributed by atoms with van der Waals surface area (Å²) >= 11 is 0. The van der Waals surface area contributed by atoms with E-state index in [-0.39, 0.29) is 23.9 Å². The molecule has 3 nitrogen and oxygen atoms in total. The SMILES string of the molecule is O=C1CCC(C(=O)O)C(c2ccc(F)cc2)C1. The number of carboxylic acid groups (broad SMARTS) is 1. The molecule has 0 heterocycles. The molecule has 2 atom stereocenters. The van der Waals surface area contributed by atoms with Gasteiger partial charge in [0, 0.05) is 18.8 Å². The summed E-state index contributed by atoms with van der Waals surface area (Å²) in [7, 11) is 0. The average Bonchev–Trinajstić information content (AvgIpc) is 2.29. The van der Waals surface area contributed by atoms with Gasteiger partial charge in [-0.3, -0.25) is 9.59 Å². The molecule has 2 unspecified atom stereocenters. The molecule has 4 heteroatoms. The number of carbonyl (C=O) groups excluding carboxylic acids is 1. The van der Waals surface area contributed by atoms with Crippen LogP contribution in [0.15, 0.2) is 24.3 Å². The van der Waals surface area contributed by atoms with Gasteiger partial charge < -0.3 is 5.11 Å². The summed E-state index contributed by atoms with van der Waals surface area (Å²) in [6.45, 7) is 0. The van der Waals surface area contributed by atoms with Gasteiger partial charge in [-0.2, -0.15) is 0 Å². The van der Waals surface area contributed by atoms with Gasteiger partial charge in [0.15, 0.2) is 0 Å². The standard InChI is InChI=1S/C13H13FO3/c14-9-3-1-8(2-4-9)12-7-10(15)5-6-11(12)13(16)17/h1-4,11-12H,5-7H2,(H,16,17). The molecule has 1 aromatic rings. The number of benzene rings is 1. The maximum atomic E-state index is 12.8. The Labute approximate surface area is 98.3 Å². The molecule has 0 amide bonds. The number of rotatable bonds is 2. The van der Waals surface area contributed by atoms with Crippen molar-refractivity contribution in [3.63, 3.8) is 0 Å². The third-order valence-electron chi connectivity index (χ3n) is 3.28. The zero-order chi connectivity index (χ0) is 12.4. The van der Waals surface area contributed by atoms with E-state index in [1.165, 1.54) is 12.1 Å². The van der Waals surface area contributed by atoms with E-state index < -0.39 is 11.9 Å². The van der Waals surface area contributed by atoms with E-state index in [0.717, 1.165) is 5.56 Å². The largest absolute Gasteiger partial charge is 0.481 e. The van der Waals surface area contributed by atoms with Gasteiger partial charge in [0.1, 0.15) is 11.6 Å². The lowest BCUT2D eigenvalue weighted by Crippen LogP contribution is -2.29. The average molecular weight is 236 g/mol. The van der Waals surface area contributed by atoms with Crippen LogP contribution >= 0.6 is 0 Å². The van der Waals surface area contributed by atoms with Crippen LogP contribution in [0.1, 0.15) is 30.7 Å². The van der Waals surface area contributed by atoms with Crippen molar-refractivity contribution in [1.82, 2.24) is 0 Å². The number of ketones is 1. The van der Waals surface area contributed by atoms with Crippen LogP contribution in [0.25, 0.3) is 0 Å². The molecule has 2 rings (SSSR count). The molecule has 0 spiro atoms. The molecular weight excluding hydrogens is 223 g/mol. The second-order valence-corrected chi connectivity index (χ2v) is 4.38. The smallest absolute Gasteiger partial charge is 0.307 e. The summed E-state index contributed by atoms with van der Waals surface area (Å²) in [6, 6.07) is 5.73. The normalized spacial score (nSPS) is 24.6. The zero-order valence-corrected chi connectivity index (χ0v) is 9.23. The Morgan fingerprint density at radius 3 is 2.53 bits per heavy atom. The Bertz CT molecular complexity index is 438. The number of hydrogen-bond donors (Lipinski definition) is 1. The van der Waals surface area contributed by atoms with Crippen molar-refractivity contribution in [2.45, 2.75) is 25.2 Å². The van der Waals surface area contributed by atoms with Crippen LogP contribution < -0.4 is 0 Å². The molecule has 0 bridgehead atoms. The van der Waals surface area contributed by atoms with E-state index in [1.807, 2.05) is 0 Å². The Hall–Kier alpha value is -1.71. The maximum absolute atomic E-state index is 12.8. The second-order valence-electron chi connectivity index (χ2n) is 4.38. The summed E-state index contributed by atoms with van der Waals surface area (Å²) in [5, 5.41) is 9.13. The first-order valence-electron chi connectivity index (χ1n) is 5.58. The van der Waals surface area contributed by atoms with Crippen molar-refractivity contribution in [3.8, 4) is 0 Å². The van der Waals surface area contributed by atoms with Crippen molar-refractivity contribution in [2.75, 3.05) is 0 Å². The predicted molar refractivity (Wildman–Crippen MR) is 59.1 cm³/mol. The molecule has 90 valence electrons. The van der Waals surface area contributed by atoms with Gasteiger partial charge in [-0.25, -0.2) is 4.39 Å². The number of Topliss-reactive ketones (excluding diaryl/α,β-unsaturated/α-hetero) is 1. The minimum absolute atomic E-state index is 0.0804. The molecule has 1 saturated carbocycles. The highest BCUT2D eigenvalue weighted by atomic mass is 19.1. The van der Waals surface area contributed by atoms with Crippen LogP contribution in [0.4, 0.5) is 4.39 Å². The van der Waals surface area contributed by atoms with Crippen LogP contribution in [0.3, 0.4) is 0 Å². The van der Waals surface area contributed by atoms with Crippen molar-refractivity contribution in [2.24, 2.45) is 5.92 Å². The molecule has 0 saturated heterocycles. The van der Waals surface area contributed by atoms with Crippen molar-refractivity contribution >= 4 is 11.8 Å². The molecule has 1 aliphatic rings. The molecule has 0 radical (unpaired) electrons. The van der Waals surface area contributed by atoms with Gasteiger partial charge in [0.05, 0.1) is 5.92 Å². The van der Waals surface area contributed by atoms with Gasteiger partial charge in [-0.1, -0.05) is 12.1 Å². The molecule has 0 aromatic heterocycles. The lowest BCUT2D eigenvalue weighted by atomic mass is 9.75. The number of carbonyl (C=O) groups is 2. The Morgan fingerprint density at radius 1 is 1.29 bits per heavy atom. The summed E-state index contributed by atoms with van der Waals surface area (Å²) in [5.74, 6) is -2.03. The van der Waals surface area contributed by atoms with Crippen molar-refractivity contribution < 1.29 is 19.1 Å². The quantitative estimate of drug-likeness (QED) is 0.857. The minimum atomic E-state index is -0.883. The minimum Gasteiger partial charge on any atom is -0.481 e. The predicted octanol–water partition coefficient (Wildman–Crippen LogP) is 2.36. The molecular formula is C13H13FO3. The zero-order valence-electron chi connectivity index (χ0n) is 9.23. The lowest BCUT2D eigenvalue weighted by molar-refractivity contribution is -0.144. The Morgan fingerprint density at radius 2 is 1.94 bits per heavy atom. The molecule has 1 N–H and O–H groups in total. The van der Waals surface area contributed by atoms with E-state index in [4.69, 9.17) is 5.11 Å². The van der Waals surface area contributed by atoms with E-state index in [2.05, 4.69) is 0 Å². The fourth-order valence-corrected chi connectivity index (χ4v) is 2.36. The summed E-state index contributed by atoms with van der Waals surface area (Å²) in [4.78, 5) is 22.5. The highest BCUT2D eigenvalue weighted by Crippen LogP contribution is 2.36. The number of hydrogen-bond acceptors (Lipinski definition) is 2. The van der Waals surface area contributed by atoms with Crippen LogP contribution in [-0.4, -0.2) is 16.9 Å². The Balaban J connectivity index is 2.28. The molecule has 0 aliphatic heterocycles. The number of carboxylic acids is 1. The van der Waals surface area contributed by atoms with Crippen LogP contribution in [0, 0.1) is 11.7 Å². The van der Waals surface area contributed by atoms with Crippen molar-refractivity contribution in [1.29, 1.82) is 0 Å². The Kier molecular flexibility index (Phi) is 3.22. The first kappa shape index (κ1) is 11.8. The topological polar surface area (TPSA) is 54.4 Å². The number of halogens is 1. The van der Waals surface area contributed by atoms with E-state index in [1.54, 1.807) is 12.1 Å². The lowest BCUT2D eigenvalue weighted by Gasteiger charge is -2.28. The first-order valence-corrected chi connectivity index (χ1v) is 5.58. The second kappa shape index (κ2) is 4.65. The molecule has 17 heavy (non-hydrogen) atoms. The van der Waals surface area contributed by atoms with E-state index in [0.29, 0.717) is 12.8 Å². The molecule has 1 aliphatic carbocycles. The van der Waals surface area contributed by atoms with Gasteiger partial charge in [-0.15, -0.1) is 0 Å². The van der Waals surface area contributed by atoms with Crippen LogP contribution in [-0.2, 0) is 9.59 Å².